The van der Waals surface area contributed by atoms with E-state index in [-0.39, 0.29) is 24.0 Å². The number of rotatable bonds is 6. The number of hydrogen-bond donors (Lipinski definition) is 1. The maximum Gasteiger partial charge on any atom is 0.269 e. The molecular formula is C19H24ClN5O3. The van der Waals surface area contributed by atoms with Crippen LogP contribution in [0.3, 0.4) is 0 Å². The quantitative estimate of drug-likeness (QED) is 0.589. The molecule has 2 heterocycles. The molecule has 0 spiro atoms. The number of piperidine rings is 1. The number of non-ortho nitro benzene ring substituents is 1. The van der Waals surface area contributed by atoms with Crippen LogP contribution in [-0.2, 0) is 0 Å². The summed E-state index contributed by atoms with van der Waals surface area (Å²) in [5.41, 5.74) is 1.25. The Balaban J connectivity index is 0.00000225. The van der Waals surface area contributed by atoms with Gasteiger partial charge in [0.1, 0.15) is 0 Å². The van der Waals surface area contributed by atoms with Crippen LogP contribution in [0.15, 0.2) is 36.7 Å². The number of halogens is 1. The van der Waals surface area contributed by atoms with Gasteiger partial charge in [-0.15, -0.1) is 12.4 Å². The zero-order valence-electron chi connectivity index (χ0n) is 15.5. The maximum atomic E-state index is 12.7. The number of carbonyl (C=O) groups excluding carboxylic acids is 1. The van der Waals surface area contributed by atoms with Crippen molar-refractivity contribution in [2.24, 2.45) is 5.92 Å². The molecule has 1 amide bonds. The predicted octanol–water partition coefficient (Wildman–Crippen LogP) is 2.81. The van der Waals surface area contributed by atoms with Crippen molar-refractivity contribution < 1.29 is 9.72 Å². The smallest absolute Gasteiger partial charge is 0.269 e. The van der Waals surface area contributed by atoms with Gasteiger partial charge in [-0.3, -0.25) is 14.9 Å². The Morgan fingerprint density at radius 2 is 1.86 bits per heavy atom. The number of nitro groups is 1. The Bertz CT molecular complexity index is 826. The van der Waals surface area contributed by atoms with Crippen LogP contribution in [0.4, 0.5) is 5.69 Å². The normalized spacial score (nSPS) is 17.2. The molecule has 0 atom stereocenters. The van der Waals surface area contributed by atoms with Gasteiger partial charge >= 0.3 is 0 Å². The summed E-state index contributed by atoms with van der Waals surface area (Å²) in [6, 6.07) is 6.61. The van der Waals surface area contributed by atoms with Crippen molar-refractivity contribution >= 4 is 24.0 Å². The molecule has 0 unspecified atom stereocenters. The van der Waals surface area contributed by atoms with Gasteiger partial charge in [0.15, 0.2) is 0 Å². The second-order valence-corrected chi connectivity index (χ2v) is 7.37. The monoisotopic (exact) mass is 405 g/mol. The fourth-order valence-electron chi connectivity index (χ4n) is 3.43. The van der Waals surface area contributed by atoms with E-state index in [2.05, 4.69) is 10.4 Å². The van der Waals surface area contributed by atoms with Crippen molar-refractivity contribution in [3.63, 3.8) is 0 Å². The van der Waals surface area contributed by atoms with Crippen molar-refractivity contribution in [3.8, 4) is 5.69 Å². The molecule has 2 fully saturated rings. The number of likely N-dealkylation sites (tertiary alicyclic amines) is 1. The summed E-state index contributed by atoms with van der Waals surface area (Å²) in [4.78, 5) is 24.9. The molecule has 150 valence electrons. The van der Waals surface area contributed by atoms with Crippen molar-refractivity contribution in [1.29, 1.82) is 0 Å². The number of nitrogens with one attached hydrogen (secondary N) is 1. The van der Waals surface area contributed by atoms with Gasteiger partial charge in [0.2, 0.25) is 0 Å². The van der Waals surface area contributed by atoms with Crippen LogP contribution in [-0.4, -0.2) is 51.2 Å². The first-order valence-electron chi connectivity index (χ1n) is 9.42. The summed E-state index contributed by atoms with van der Waals surface area (Å²) in [5, 5.41) is 18.6. The third-order valence-corrected chi connectivity index (χ3v) is 5.33. The molecule has 1 saturated carbocycles. The Labute approximate surface area is 169 Å². The molecule has 1 aromatic heterocycles. The minimum atomic E-state index is -0.440. The molecule has 28 heavy (non-hydrogen) atoms. The van der Waals surface area contributed by atoms with Gasteiger partial charge in [-0.2, -0.15) is 5.10 Å². The van der Waals surface area contributed by atoms with E-state index in [0.717, 1.165) is 38.4 Å². The Hall–Kier alpha value is -2.45. The Morgan fingerprint density at radius 3 is 2.46 bits per heavy atom. The van der Waals surface area contributed by atoms with Gasteiger partial charge in [0, 0.05) is 37.5 Å². The van der Waals surface area contributed by atoms with E-state index in [1.807, 2.05) is 4.90 Å². The minimum absolute atomic E-state index is 0. The molecule has 1 N–H and O–H groups in total. The van der Waals surface area contributed by atoms with E-state index in [0.29, 0.717) is 17.3 Å². The first kappa shape index (κ1) is 20.3. The third kappa shape index (κ3) is 4.69. The first-order chi connectivity index (χ1) is 13.1. The molecular weight excluding hydrogens is 382 g/mol. The van der Waals surface area contributed by atoms with Crippen molar-refractivity contribution in [1.82, 2.24) is 20.0 Å². The van der Waals surface area contributed by atoms with E-state index in [4.69, 9.17) is 0 Å². The summed E-state index contributed by atoms with van der Waals surface area (Å²) in [6.07, 6.45) is 7.90. The standard InChI is InChI=1S/C19H23N5O3.ClH/c25-19(22-9-7-16(8-10-22)20-11-14-1-2-14)15-12-21-23(13-15)17-3-5-18(6-4-17)24(26)27;/h3-6,12-14,16,20H,1-2,7-11H2;1H. The highest BCUT2D eigenvalue weighted by Crippen LogP contribution is 2.28. The van der Waals surface area contributed by atoms with Crippen LogP contribution in [0.5, 0.6) is 0 Å². The second-order valence-electron chi connectivity index (χ2n) is 7.37. The third-order valence-electron chi connectivity index (χ3n) is 5.33. The maximum absolute atomic E-state index is 12.7. The fraction of sp³-hybridized carbons (Fsp3) is 0.474. The minimum Gasteiger partial charge on any atom is -0.338 e. The van der Waals surface area contributed by atoms with E-state index in [1.54, 1.807) is 29.2 Å². The number of amides is 1. The predicted molar refractivity (Wildman–Crippen MR) is 107 cm³/mol. The van der Waals surface area contributed by atoms with E-state index in [1.165, 1.54) is 25.0 Å². The number of carbonyl (C=O) groups is 1. The highest BCUT2D eigenvalue weighted by molar-refractivity contribution is 5.93. The van der Waals surface area contributed by atoms with Crippen LogP contribution < -0.4 is 5.32 Å². The van der Waals surface area contributed by atoms with E-state index >= 15 is 0 Å². The SMILES string of the molecule is Cl.O=C(c1cnn(-c2ccc([N+](=O)[O-])cc2)c1)N1CCC(NCC2CC2)CC1. The summed E-state index contributed by atoms with van der Waals surface area (Å²) in [5.74, 6) is 0.860. The van der Waals surface area contributed by atoms with Crippen molar-refractivity contribution in [2.45, 2.75) is 31.7 Å². The highest BCUT2D eigenvalue weighted by atomic mass is 35.5. The summed E-state index contributed by atoms with van der Waals surface area (Å²) in [6.45, 7) is 2.62. The molecule has 9 heteroatoms. The van der Waals surface area contributed by atoms with Crippen LogP contribution in [0.2, 0.25) is 0 Å². The molecule has 1 aliphatic carbocycles. The molecule has 1 saturated heterocycles. The lowest BCUT2D eigenvalue weighted by molar-refractivity contribution is -0.384. The van der Waals surface area contributed by atoms with Gasteiger partial charge in [-0.25, -0.2) is 4.68 Å². The number of benzene rings is 1. The van der Waals surface area contributed by atoms with Gasteiger partial charge in [-0.05, 0) is 50.3 Å². The second kappa shape index (κ2) is 8.70. The summed E-state index contributed by atoms with van der Waals surface area (Å²) < 4.78 is 1.57. The van der Waals surface area contributed by atoms with Crippen LogP contribution in [0.1, 0.15) is 36.0 Å². The van der Waals surface area contributed by atoms with Crippen molar-refractivity contribution in [2.75, 3.05) is 19.6 Å². The van der Waals surface area contributed by atoms with Gasteiger partial charge < -0.3 is 10.2 Å². The number of nitro benzene ring substituents is 1. The van der Waals surface area contributed by atoms with Crippen LogP contribution in [0, 0.1) is 16.0 Å². The molecule has 8 nitrogen and oxygen atoms in total. The average molecular weight is 406 g/mol. The van der Waals surface area contributed by atoms with E-state index in [9.17, 15) is 14.9 Å². The molecule has 2 aromatic rings. The molecule has 1 aromatic carbocycles. The first-order valence-corrected chi connectivity index (χ1v) is 9.42. The zero-order valence-corrected chi connectivity index (χ0v) is 16.3. The number of hydrogen-bond acceptors (Lipinski definition) is 5. The Kier molecular flexibility index (Phi) is 6.31. The molecule has 0 bridgehead atoms. The summed E-state index contributed by atoms with van der Waals surface area (Å²) >= 11 is 0. The van der Waals surface area contributed by atoms with Crippen LogP contribution >= 0.6 is 12.4 Å². The topological polar surface area (TPSA) is 93.3 Å². The molecule has 4 rings (SSSR count). The largest absolute Gasteiger partial charge is 0.338 e. The molecule has 0 radical (unpaired) electrons. The lowest BCUT2D eigenvalue weighted by atomic mass is 10.0. The highest BCUT2D eigenvalue weighted by Gasteiger charge is 2.26. The lowest BCUT2D eigenvalue weighted by Crippen LogP contribution is -2.45. The fourth-order valence-corrected chi connectivity index (χ4v) is 3.43. The molecule has 2 aliphatic rings. The van der Waals surface area contributed by atoms with Crippen molar-refractivity contribution in [3.05, 3.63) is 52.3 Å². The zero-order chi connectivity index (χ0) is 18.8. The summed E-state index contributed by atoms with van der Waals surface area (Å²) in [7, 11) is 0. The van der Waals surface area contributed by atoms with E-state index < -0.39 is 4.92 Å². The lowest BCUT2D eigenvalue weighted by Gasteiger charge is -2.32. The van der Waals surface area contributed by atoms with Gasteiger partial charge in [-0.1, -0.05) is 0 Å². The average Bonchev–Trinajstić information content (AvgIpc) is 3.40. The Morgan fingerprint density at radius 1 is 1.18 bits per heavy atom. The van der Waals surface area contributed by atoms with Gasteiger partial charge in [0.25, 0.3) is 11.6 Å². The molecule has 1 aliphatic heterocycles. The van der Waals surface area contributed by atoms with Gasteiger partial charge in [0.05, 0.1) is 22.4 Å². The number of nitrogens with zero attached hydrogens (tertiary/aromatic N) is 4. The number of aromatic nitrogens is 2. The van der Waals surface area contributed by atoms with Crippen LogP contribution in [0.25, 0.3) is 5.69 Å².